The van der Waals surface area contributed by atoms with Crippen LogP contribution in [0.25, 0.3) is 0 Å². The molecule has 7 heteroatoms. The molecule has 0 aliphatic heterocycles. The number of carboxylic acid groups (broad SMARTS) is 1. The molecule has 0 radical (unpaired) electrons. The van der Waals surface area contributed by atoms with Gasteiger partial charge in [0.15, 0.2) is 0 Å². The van der Waals surface area contributed by atoms with Crippen molar-refractivity contribution < 1.29 is 27.9 Å². The molecule has 0 unspecified atom stereocenters. The van der Waals surface area contributed by atoms with Crippen LogP contribution in [-0.4, -0.2) is 21.9 Å². The van der Waals surface area contributed by atoms with E-state index in [-0.39, 0.29) is 13.1 Å². The van der Waals surface area contributed by atoms with E-state index in [1.165, 1.54) is 17.7 Å². The van der Waals surface area contributed by atoms with Gasteiger partial charge in [0.2, 0.25) is 0 Å². The van der Waals surface area contributed by atoms with Gasteiger partial charge in [-0.1, -0.05) is 61.6 Å². The van der Waals surface area contributed by atoms with Crippen LogP contribution in [0.5, 0.6) is 0 Å². The van der Waals surface area contributed by atoms with Crippen LogP contribution in [0.1, 0.15) is 46.7 Å². The number of carbonyl (C=O) groups is 2. The Morgan fingerprint density at radius 3 is 1.60 bits per heavy atom. The van der Waals surface area contributed by atoms with Gasteiger partial charge in [0.05, 0.1) is 5.56 Å². The molecule has 0 saturated carbocycles. The van der Waals surface area contributed by atoms with Crippen molar-refractivity contribution in [2.75, 3.05) is 0 Å². The Balaban J connectivity index is 1.70. The van der Waals surface area contributed by atoms with Gasteiger partial charge in [-0.3, -0.25) is 4.79 Å². The van der Waals surface area contributed by atoms with Crippen LogP contribution in [0.2, 0.25) is 0 Å². The summed E-state index contributed by atoms with van der Waals surface area (Å²) in [6.45, 7) is 1.97. The average Bonchev–Trinajstić information content (AvgIpc) is 2.83. The molecule has 180 valence electrons. The maximum Gasteiger partial charge on any atom is 0.416 e. The van der Waals surface area contributed by atoms with E-state index in [1.54, 1.807) is 24.3 Å². The van der Waals surface area contributed by atoms with E-state index >= 15 is 0 Å². The van der Waals surface area contributed by atoms with Crippen molar-refractivity contribution in [2.24, 2.45) is 0 Å². The molecule has 1 N–H and O–H groups in total. The molecule has 0 atom stereocenters. The number of hydrogen-bond acceptors (Lipinski definition) is 2. The summed E-state index contributed by atoms with van der Waals surface area (Å²) in [6.07, 6.45) is -2.37. The third kappa shape index (κ3) is 7.47. The Morgan fingerprint density at radius 1 is 0.771 bits per heavy atom. The molecule has 0 bridgehead atoms. The predicted octanol–water partition coefficient (Wildman–Crippen LogP) is 5.67. The zero-order chi connectivity index (χ0) is 25.4. The Morgan fingerprint density at radius 2 is 1.20 bits per heavy atom. The van der Waals surface area contributed by atoms with Crippen molar-refractivity contribution in [3.63, 3.8) is 0 Å². The standard InChI is InChI=1S/C28H24F3NO3/c1-2-3-20-4-6-21(7-5-20)8-9-22-10-12-23(13-11-22)18-32(26(33)27(34)35)19-24-14-16-25(17-15-24)28(29,30)31/h4-7,10-17H,2-3,18-19H2,1H3,(H,34,35). The lowest BCUT2D eigenvalue weighted by atomic mass is 10.1. The topological polar surface area (TPSA) is 57.6 Å². The molecule has 3 aromatic rings. The molecule has 0 aliphatic carbocycles. The quantitative estimate of drug-likeness (QED) is 0.366. The largest absolute Gasteiger partial charge is 0.474 e. The molecular formula is C28H24F3NO3. The van der Waals surface area contributed by atoms with E-state index in [0.717, 1.165) is 41.0 Å². The Hall–Kier alpha value is -4.05. The van der Waals surface area contributed by atoms with Gasteiger partial charge in [-0.05, 0) is 59.5 Å². The first-order valence-corrected chi connectivity index (χ1v) is 11.0. The van der Waals surface area contributed by atoms with Crippen LogP contribution < -0.4 is 0 Å². The molecule has 4 nitrogen and oxygen atoms in total. The fourth-order valence-electron chi connectivity index (χ4n) is 3.46. The molecule has 1 amide bonds. The number of halogens is 3. The van der Waals surface area contributed by atoms with Gasteiger partial charge < -0.3 is 10.0 Å². The molecule has 0 saturated heterocycles. The van der Waals surface area contributed by atoms with Gasteiger partial charge in [-0.25, -0.2) is 4.79 Å². The van der Waals surface area contributed by atoms with Gasteiger partial charge >= 0.3 is 18.1 Å². The second-order valence-corrected chi connectivity index (χ2v) is 8.05. The summed E-state index contributed by atoms with van der Waals surface area (Å²) in [6, 6.07) is 19.4. The zero-order valence-electron chi connectivity index (χ0n) is 19.1. The van der Waals surface area contributed by atoms with Crippen LogP contribution in [0.15, 0.2) is 72.8 Å². The summed E-state index contributed by atoms with van der Waals surface area (Å²) < 4.78 is 38.3. The highest BCUT2D eigenvalue weighted by atomic mass is 19.4. The second kappa shape index (κ2) is 11.4. The normalized spacial score (nSPS) is 10.9. The fraction of sp³-hybridized carbons (Fsp3) is 0.214. The Kier molecular flexibility index (Phi) is 8.32. The van der Waals surface area contributed by atoms with Gasteiger partial charge in [0.1, 0.15) is 0 Å². The molecular weight excluding hydrogens is 455 g/mol. The number of amides is 1. The summed E-state index contributed by atoms with van der Waals surface area (Å²) in [5.74, 6) is 3.40. The number of carboxylic acids is 1. The van der Waals surface area contributed by atoms with Crippen molar-refractivity contribution in [3.8, 4) is 11.8 Å². The minimum Gasteiger partial charge on any atom is -0.474 e. The summed E-state index contributed by atoms with van der Waals surface area (Å²) in [4.78, 5) is 24.5. The molecule has 3 aromatic carbocycles. The Bertz CT molecular complexity index is 1220. The highest BCUT2D eigenvalue weighted by Crippen LogP contribution is 2.29. The SMILES string of the molecule is CCCc1ccc(C#Cc2ccc(CN(Cc3ccc(C(F)(F)F)cc3)C(=O)C(=O)O)cc2)cc1. The predicted molar refractivity (Wildman–Crippen MR) is 126 cm³/mol. The Labute approximate surface area is 202 Å². The summed E-state index contributed by atoms with van der Waals surface area (Å²) >= 11 is 0. The van der Waals surface area contributed by atoms with Crippen molar-refractivity contribution in [1.82, 2.24) is 4.90 Å². The van der Waals surface area contributed by atoms with Crippen LogP contribution >= 0.6 is 0 Å². The minimum absolute atomic E-state index is 0.0151. The van der Waals surface area contributed by atoms with E-state index in [9.17, 15) is 27.9 Å². The first kappa shape index (κ1) is 25.6. The molecule has 0 aliphatic rings. The number of nitrogens with zero attached hydrogens (tertiary/aromatic N) is 1. The van der Waals surface area contributed by atoms with E-state index in [2.05, 4.69) is 30.9 Å². The first-order valence-electron chi connectivity index (χ1n) is 11.0. The molecule has 0 spiro atoms. The number of rotatable bonds is 6. The maximum absolute atomic E-state index is 12.8. The van der Waals surface area contributed by atoms with Crippen molar-refractivity contribution in [3.05, 3.63) is 106 Å². The van der Waals surface area contributed by atoms with Crippen LogP contribution in [-0.2, 0) is 35.3 Å². The lowest BCUT2D eigenvalue weighted by Crippen LogP contribution is -2.35. The fourth-order valence-corrected chi connectivity index (χ4v) is 3.46. The minimum atomic E-state index is -4.47. The molecule has 3 rings (SSSR count). The number of aliphatic carboxylic acids is 1. The molecule has 0 aromatic heterocycles. The van der Waals surface area contributed by atoms with Crippen LogP contribution in [0.4, 0.5) is 13.2 Å². The van der Waals surface area contributed by atoms with Gasteiger partial charge in [0, 0.05) is 24.2 Å². The highest BCUT2D eigenvalue weighted by Gasteiger charge is 2.30. The smallest absolute Gasteiger partial charge is 0.416 e. The van der Waals surface area contributed by atoms with Gasteiger partial charge in [0.25, 0.3) is 0 Å². The van der Waals surface area contributed by atoms with Crippen LogP contribution in [0, 0.1) is 11.8 Å². The number of alkyl halides is 3. The summed E-state index contributed by atoms with van der Waals surface area (Å²) in [7, 11) is 0. The van der Waals surface area contributed by atoms with Crippen molar-refractivity contribution >= 4 is 11.9 Å². The van der Waals surface area contributed by atoms with Crippen molar-refractivity contribution in [2.45, 2.75) is 39.0 Å². The summed E-state index contributed by atoms with van der Waals surface area (Å²) in [5.41, 5.74) is 3.15. The van der Waals surface area contributed by atoms with E-state index in [0.29, 0.717) is 11.1 Å². The number of hydrogen-bond donors (Lipinski definition) is 1. The number of benzene rings is 3. The third-order valence-electron chi connectivity index (χ3n) is 5.30. The van der Waals surface area contributed by atoms with Crippen molar-refractivity contribution in [1.29, 1.82) is 0 Å². The first-order chi connectivity index (χ1) is 16.7. The second-order valence-electron chi connectivity index (χ2n) is 8.05. The average molecular weight is 479 g/mol. The van der Waals surface area contributed by atoms with Crippen LogP contribution in [0.3, 0.4) is 0 Å². The number of carbonyl (C=O) groups excluding carboxylic acids is 1. The maximum atomic E-state index is 12.8. The monoisotopic (exact) mass is 479 g/mol. The van der Waals surface area contributed by atoms with E-state index in [4.69, 9.17) is 0 Å². The van der Waals surface area contributed by atoms with Gasteiger partial charge in [-0.2, -0.15) is 13.2 Å². The van der Waals surface area contributed by atoms with E-state index in [1.807, 2.05) is 12.1 Å². The zero-order valence-corrected chi connectivity index (χ0v) is 19.1. The lowest BCUT2D eigenvalue weighted by Gasteiger charge is -2.21. The third-order valence-corrected chi connectivity index (χ3v) is 5.30. The molecule has 0 fully saturated rings. The van der Waals surface area contributed by atoms with E-state index < -0.39 is 23.6 Å². The highest BCUT2D eigenvalue weighted by molar-refractivity contribution is 6.31. The van der Waals surface area contributed by atoms with Gasteiger partial charge in [-0.15, -0.1) is 0 Å². The lowest BCUT2D eigenvalue weighted by molar-refractivity contribution is -0.156. The molecule has 0 heterocycles. The summed E-state index contributed by atoms with van der Waals surface area (Å²) in [5, 5.41) is 9.17. The molecule has 35 heavy (non-hydrogen) atoms. The number of aryl methyl sites for hydroxylation is 1.